The highest BCUT2D eigenvalue weighted by Gasteiger charge is 2.20. The van der Waals surface area contributed by atoms with Crippen molar-refractivity contribution in [3.63, 3.8) is 0 Å². The number of nitrogens with zero attached hydrogens (tertiary/aromatic N) is 2. The van der Waals surface area contributed by atoms with Crippen LogP contribution in [0.25, 0.3) is 0 Å². The standard InChI is InChI=1S/C16H19N3O/c1-4-10-19-11-9-17-15(19)13(3)16(20)18-14-8-6-5-7-12(14)2/h4-9,11,13H,1,10H2,2-3H3,(H,18,20). The number of aryl methyl sites for hydroxylation is 1. The number of rotatable bonds is 5. The second-order valence-corrected chi connectivity index (χ2v) is 4.75. The molecular formula is C16H19N3O. The van der Waals surface area contributed by atoms with Gasteiger partial charge in [0.25, 0.3) is 0 Å². The molecule has 1 heterocycles. The van der Waals surface area contributed by atoms with Gasteiger partial charge in [-0.05, 0) is 25.5 Å². The molecule has 4 nitrogen and oxygen atoms in total. The molecule has 4 heteroatoms. The minimum Gasteiger partial charge on any atom is -0.330 e. The van der Waals surface area contributed by atoms with Gasteiger partial charge in [0.2, 0.25) is 5.91 Å². The van der Waals surface area contributed by atoms with Crippen LogP contribution >= 0.6 is 0 Å². The van der Waals surface area contributed by atoms with E-state index in [1.54, 1.807) is 12.3 Å². The number of aromatic nitrogens is 2. The largest absolute Gasteiger partial charge is 0.330 e. The van der Waals surface area contributed by atoms with Crippen LogP contribution in [0.4, 0.5) is 5.69 Å². The maximum absolute atomic E-state index is 12.3. The second-order valence-electron chi connectivity index (χ2n) is 4.75. The van der Waals surface area contributed by atoms with Crippen LogP contribution in [0.1, 0.15) is 24.2 Å². The van der Waals surface area contributed by atoms with Gasteiger partial charge in [0.05, 0.1) is 5.92 Å². The normalized spacial score (nSPS) is 11.9. The smallest absolute Gasteiger partial charge is 0.234 e. The third-order valence-corrected chi connectivity index (χ3v) is 3.26. The summed E-state index contributed by atoms with van der Waals surface area (Å²) < 4.78 is 1.93. The number of anilines is 1. The average molecular weight is 269 g/mol. The highest BCUT2D eigenvalue weighted by molar-refractivity contribution is 5.95. The first-order valence-electron chi connectivity index (χ1n) is 6.62. The second kappa shape index (κ2) is 6.19. The Kier molecular flexibility index (Phi) is 4.35. The Morgan fingerprint density at radius 3 is 2.95 bits per heavy atom. The van der Waals surface area contributed by atoms with E-state index < -0.39 is 0 Å². The van der Waals surface area contributed by atoms with E-state index in [0.29, 0.717) is 6.54 Å². The van der Waals surface area contributed by atoms with Gasteiger partial charge in [-0.1, -0.05) is 24.3 Å². The molecule has 0 aliphatic heterocycles. The molecule has 0 saturated carbocycles. The van der Waals surface area contributed by atoms with Gasteiger partial charge >= 0.3 is 0 Å². The number of hydrogen-bond donors (Lipinski definition) is 1. The molecule has 0 spiro atoms. The molecule has 1 amide bonds. The van der Waals surface area contributed by atoms with E-state index >= 15 is 0 Å². The average Bonchev–Trinajstić information content (AvgIpc) is 2.89. The summed E-state index contributed by atoms with van der Waals surface area (Å²) in [6.45, 7) is 8.19. The fourth-order valence-electron chi connectivity index (χ4n) is 2.07. The highest BCUT2D eigenvalue weighted by Crippen LogP contribution is 2.19. The summed E-state index contributed by atoms with van der Waals surface area (Å²) in [7, 11) is 0. The van der Waals surface area contributed by atoms with Crippen molar-refractivity contribution < 1.29 is 4.79 Å². The first kappa shape index (κ1) is 14.1. The molecule has 0 aliphatic rings. The van der Waals surface area contributed by atoms with Gasteiger partial charge in [0.15, 0.2) is 0 Å². The molecule has 1 aromatic heterocycles. The maximum Gasteiger partial charge on any atom is 0.234 e. The van der Waals surface area contributed by atoms with Crippen LogP contribution in [0.2, 0.25) is 0 Å². The Bertz CT molecular complexity index is 616. The van der Waals surface area contributed by atoms with Crippen LogP contribution in [-0.2, 0) is 11.3 Å². The summed E-state index contributed by atoms with van der Waals surface area (Å²) in [5.41, 5.74) is 1.88. The molecule has 1 N–H and O–H groups in total. The molecule has 0 bridgehead atoms. The minimum atomic E-state index is -0.315. The number of benzene rings is 1. The summed E-state index contributed by atoms with van der Waals surface area (Å²) >= 11 is 0. The summed E-state index contributed by atoms with van der Waals surface area (Å²) in [6.07, 6.45) is 5.35. The quantitative estimate of drug-likeness (QED) is 0.848. The third kappa shape index (κ3) is 2.96. The van der Waals surface area contributed by atoms with Gasteiger partial charge in [-0.25, -0.2) is 4.98 Å². The van der Waals surface area contributed by atoms with E-state index in [1.165, 1.54) is 0 Å². The van der Waals surface area contributed by atoms with Crippen molar-refractivity contribution in [3.05, 3.63) is 60.7 Å². The number of para-hydroxylation sites is 1. The molecule has 2 rings (SSSR count). The predicted molar refractivity (Wildman–Crippen MR) is 80.6 cm³/mol. The molecule has 0 saturated heterocycles. The summed E-state index contributed by atoms with van der Waals surface area (Å²) in [5, 5.41) is 2.95. The molecule has 0 aliphatic carbocycles. The zero-order valence-corrected chi connectivity index (χ0v) is 11.8. The van der Waals surface area contributed by atoms with E-state index in [1.807, 2.05) is 48.9 Å². The van der Waals surface area contributed by atoms with Gasteiger partial charge < -0.3 is 9.88 Å². The Hall–Kier alpha value is -2.36. The van der Waals surface area contributed by atoms with Crippen molar-refractivity contribution in [3.8, 4) is 0 Å². The van der Waals surface area contributed by atoms with Crippen LogP contribution in [0, 0.1) is 6.92 Å². The molecule has 1 atom stereocenters. The third-order valence-electron chi connectivity index (χ3n) is 3.26. The maximum atomic E-state index is 12.3. The molecule has 20 heavy (non-hydrogen) atoms. The summed E-state index contributed by atoms with van der Waals surface area (Å²) in [4.78, 5) is 16.6. The molecule has 1 aromatic carbocycles. The Morgan fingerprint density at radius 1 is 1.50 bits per heavy atom. The zero-order chi connectivity index (χ0) is 14.5. The summed E-state index contributed by atoms with van der Waals surface area (Å²) in [5.74, 6) is 0.372. The Labute approximate surface area is 119 Å². The number of nitrogens with one attached hydrogen (secondary N) is 1. The zero-order valence-electron chi connectivity index (χ0n) is 11.8. The number of allylic oxidation sites excluding steroid dienone is 1. The monoisotopic (exact) mass is 269 g/mol. The lowest BCUT2D eigenvalue weighted by atomic mass is 10.1. The van der Waals surface area contributed by atoms with Crippen molar-refractivity contribution in [2.45, 2.75) is 26.3 Å². The van der Waals surface area contributed by atoms with Gasteiger partial charge in [-0.3, -0.25) is 4.79 Å². The van der Waals surface area contributed by atoms with Gasteiger partial charge in [0, 0.05) is 24.6 Å². The van der Waals surface area contributed by atoms with E-state index in [-0.39, 0.29) is 11.8 Å². The van der Waals surface area contributed by atoms with Crippen LogP contribution in [0.3, 0.4) is 0 Å². The summed E-state index contributed by atoms with van der Waals surface area (Å²) in [6, 6.07) is 7.73. The van der Waals surface area contributed by atoms with Gasteiger partial charge in [0.1, 0.15) is 5.82 Å². The lowest BCUT2D eigenvalue weighted by molar-refractivity contribution is -0.117. The minimum absolute atomic E-state index is 0.0594. The fraction of sp³-hybridized carbons (Fsp3) is 0.250. The topological polar surface area (TPSA) is 46.9 Å². The lowest BCUT2D eigenvalue weighted by Gasteiger charge is -2.14. The van der Waals surface area contributed by atoms with Gasteiger partial charge in [-0.2, -0.15) is 0 Å². The SMILES string of the molecule is C=CCn1ccnc1C(C)C(=O)Nc1ccccc1C. The predicted octanol–water partition coefficient (Wildman–Crippen LogP) is 3.12. The molecular weight excluding hydrogens is 250 g/mol. The van der Waals surface area contributed by atoms with E-state index in [2.05, 4.69) is 16.9 Å². The van der Waals surface area contributed by atoms with Crippen molar-refractivity contribution in [1.82, 2.24) is 9.55 Å². The van der Waals surface area contributed by atoms with E-state index in [4.69, 9.17) is 0 Å². The van der Waals surface area contributed by atoms with E-state index in [9.17, 15) is 4.79 Å². The molecule has 2 aromatic rings. The van der Waals surface area contributed by atoms with Crippen LogP contribution in [0.5, 0.6) is 0 Å². The molecule has 1 unspecified atom stereocenters. The van der Waals surface area contributed by atoms with Crippen molar-refractivity contribution in [2.24, 2.45) is 0 Å². The van der Waals surface area contributed by atoms with Gasteiger partial charge in [-0.15, -0.1) is 6.58 Å². The van der Waals surface area contributed by atoms with Crippen molar-refractivity contribution >= 4 is 11.6 Å². The highest BCUT2D eigenvalue weighted by atomic mass is 16.1. The molecule has 104 valence electrons. The van der Waals surface area contributed by atoms with E-state index in [0.717, 1.165) is 17.1 Å². The number of imidazole rings is 1. The number of carbonyl (C=O) groups is 1. The molecule has 0 fully saturated rings. The first-order valence-corrected chi connectivity index (χ1v) is 6.62. The Balaban J connectivity index is 2.14. The lowest BCUT2D eigenvalue weighted by Crippen LogP contribution is -2.22. The Morgan fingerprint density at radius 2 is 2.25 bits per heavy atom. The van der Waals surface area contributed by atoms with Crippen LogP contribution in [-0.4, -0.2) is 15.5 Å². The van der Waals surface area contributed by atoms with Crippen LogP contribution < -0.4 is 5.32 Å². The number of hydrogen-bond acceptors (Lipinski definition) is 2. The molecule has 0 radical (unpaired) electrons. The van der Waals surface area contributed by atoms with Crippen LogP contribution in [0.15, 0.2) is 49.3 Å². The fourth-order valence-corrected chi connectivity index (χ4v) is 2.07. The van der Waals surface area contributed by atoms with Crippen molar-refractivity contribution in [1.29, 1.82) is 0 Å². The van der Waals surface area contributed by atoms with Crippen molar-refractivity contribution in [2.75, 3.05) is 5.32 Å². The first-order chi connectivity index (χ1) is 9.63. The number of carbonyl (C=O) groups excluding carboxylic acids is 1. The number of amides is 1.